The van der Waals surface area contributed by atoms with Crippen molar-refractivity contribution < 1.29 is 8.42 Å². The number of hydrogen-bond donors (Lipinski definition) is 3. The van der Waals surface area contributed by atoms with E-state index >= 15 is 0 Å². The third-order valence-corrected chi connectivity index (χ3v) is 6.02. The van der Waals surface area contributed by atoms with Crippen molar-refractivity contribution in [3.63, 3.8) is 0 Å². The molecule has 10 heteroatoms. The van der Waals surface area contributed by atoms with Gasteiger partial charge in [-0.1, -0.05) is 18.5 Å². The Kier molecular flexibility index (Phi) is 5.30. The highest BCUT2D eigenvalue weighted by molar-refractivity contribution is 7.90. The van der Waals surface area contributed by atoms with E-state index in [0.29, 0.717) is 39.3 Å². The number of nitrogen functional groups attached to an aromatic ring is 1. The zero-order valence-electron chi connectivity index (χ0n) is 15.0. The van der Waals surface area contributed by atoms with Gasteiger partial charge in [-0.25, -0.2) is 12.4 Å². The summed E-state index contributed by atoms with van der Waals surface area (Å²) in [5, 5.41) is 8.84. The van der Waals surface area contributed by atoms with E-state index in [1.54, 1.807) is 18.2 Å². The molecule has 146 valence electrons. The van der Waals surface area contributed by atoms with Gasteiger partial charge in [-0.3, -0.25) is 0 Å². The topological polar surface area (TPSA) is 142 Å². The second-order valence-electron chi connectivity index (χ2n) is 6.00. The van der Waals surface area contributed by atoms with Crippen LogP contribution < -0.4 is 17.2 Å². The van der Waals surface area contributed by atoms with Crippen LogP contribution in [0.2, 0.25) is 5.02 Å². The fourth-order valence-corrected chi connectivity index (χ4v) is 4.33. The molecule has 3 aromatic rings. The molecule has 1 aromatic heterocycles. The third kappa shape index (κ3) is 3.67. The molecule has 28 heavy (non-hydrogen) atoms. The zero-order valence-corrected chi connectivity index (χ0v) is 16.6. The summed E-state index contributed by atoms with van der Waals surface area (Å²) in [7, 11) is -3.87. The van der Waals surface area contributed by atoms with Gasteiger partial charge in [-0.15, -0.1) is 5.10 Å². The number of anilines is 1. The van der Waals surface area contributed by atoms with Crippen molar-refractivity contribution in [3.05, 3.63) is 59.2 Å². The maximum atomic E-state index is 13.2. The van der Waals surface area contributed by atoms with Crippen molar-refractivity contribution in [2.45, 2.75) is 18.2 Å². The summed E-state index contributed by atoms with van der Waals surface area (Å²) in [5.74, 6) is -0.192. The molecular weight excluding hydrogens is 400 g/mol. The fourth-order valence-electron chi connectivity index (χ4n) is 2.79. The zero-order chi connectivity index (χ0) is 20.5. The van der Waals surface area contributed by atoms with Crippen molar-refractivity contribution >= 4 is 49.9 Å². The molecule has 0 unspecified atom stereocenters. The monoisotopic (exact) mass is 418 g/mol. The Bertz CT molecular complexity index is 1190. The molecule has 6 N–H and O–H groups in total. The van der Waals surface area contributed by atoms with E-state index in [0.717, 1.165) is 0 Å². The predicted molar refractivity (Wildman–Crippen MR) is 113 cm³/mol. The van der Waals surface area contributed by atoms with Crippen LogP contribution in [0, 0.1) is 0 Å². The summed E-state index contributed by atoms with van der Waals surface area (Å²) in [6.07, 6.45) is 1.97. The molecule has 0 amide bonds. The van der Waals surface area contributed by atoms with E-state index < -0.39 is 10.0 Å². The number of halogens is 1. The summed E-state index contributed by atoms with van der Waals surface area (Å²) in [5.41, 5.74) is 18.4. The summed E-state index contributed by atoms with van der Waals surface area (Å²) in [4.78, 5) is 0.110. The highest BCUT2D eigenvalue weighted by Crippen LogP contribution is 2.29. The molecule has 0 spiro atoms. The molecule has 3 rings (SSSR count). The minimum atomic E-state index is -3.87. The molecule has 2 aromatic carbocycles. The first-order chi connectivity index (χ1) is 13.2. The highest BCUT2D eigenvalue weighted by atomic mass is 35.5. The van der Waals surface area contributed by atoms with Gasteiger partial charge < -0.3 is 17.2 Å². The number of aromatic nitrogens is 1. The molecule has 0 bridgehead atoms. The van der Waals surface area contributed by atoms with Gasteiger partial charge in [0.15, 0.2) is 0 Å². The van der Waals surface area contributed by atoms with Gasteiger partial charge in [0.05, 0.1) is 16.1 Å². The van der Waals surface area contributed by atoms with Crippen molar-refractivity contribution in [2.24, 2.45) is 21.7 Å². The van der Waals surface area contributed by atoms with E-state index in [-0.39, 0.29) is 10.9 Å². The number of nitrogens with two attached hydrogens (primary N) is 3. The quantitative estimate of drug-likeness (QED) is 0.252. The first kappa shape index (κ1) is 19.7. The van der Waals surface area contributed by atoms with E-state index in [1.165, 1.54) is 34.4 Å². The van der Waals surface area contributed by atoms with Gasteiger partial charge in [0.25, 0.3) is 10.0 Å². The van der Waals surface area contributed by atoms with Crippen molar-refractivity contribution in [1.29, 1.82) is 0 Å². The van der Waals surface area contributed by atoms with E-state index in [1.807, 2.05) is 6.92 Å². The average Bonchev–Trinajstić information content (AvgIpc) is 3.02. The van der Waals surface area contributed by atoms with Crippen LogP contribution in [0.3, 0.4) is 0 Å². The molecule has 0 saturated carbocycles. The fraction of sp³-hybridized carbons (Fsp3) is 0.111. The molecule has 0 saturated heterocycles. The Morgan fingerprint density at radius 1 is 1.11 bits per heavy atom. The minimum Gasteiger partial charge on any atom is -0.399 e. The maximum absolute atomic E-state index is 13.2. The second kappa shape index (κ2) is 7.53. The Morgan fingerprint density at radius 3 is 2.39 bits per heavy atom. The van der Waals surface area contributed by atoms with Crippen molar-refractivity contribution in [3.8, 4) is 0 Å². The molecular formula is C18H19ClN6O2S. The van der Waals surface area contributed by atoms with Crippen molar-refractivity contribution in [2.75, 3.05) is 5.73 Å². The molecule has 0 aliphatic carbocycles. The van der Waals surface area contributed by atoms with Gasteiger partial charge in [-0.05, 0) is 48.9 Å². The lowest BCUT2D eigenvalue weighted by Gasteiger charge is -2.08. The Balaban J connectivity index is 2.29. The van der Waals surface area contributed by atoms with Crippen LogP contribution in [0.25, 0.3) is 10.9 Å². The Hall–Kier alpha value is -3.04. The lowest BCUT2D eigenvalue weighted by Crippen LogP contribution is -2.22. The number of guanidine groups is 1. The third-order valence-electron chi connectivity index (χ3n) is 4.10. The van der Waals surface area contributed by atoms with Crippen LogP contribution in [0.4, 0.5) is 5.69 Å². The molecule has 0 fully saturated rings. The number of hydrogen-bond acceptors (Lipinski definition) is 5. The molecule has 1 heterocycles. The summed E-state index contributed by atoms with van der Waals surface area (Å²) in [6, 6.07) is 10.9. The first-order valence-electron chi connectivity index (χ1n) is 8.31. The largest absolute Gasteiger partial charge is 0.399 e. The van der Waals surface area contributed by atoms with Crippen LogP contribution in [0.1, 0.15) is 18.9 Å². The average molecular weight is 419 g/mol. The smallest absolute Gasteiger partial charge is 0.268 e. The molecule has 0 aliphatic heterocycles. The summed E-state index contributed by atoms with van der Waals surface area (Å²) >= 11 is 6.14. The summed E-state index contributed by atoms with van der Waals surface area (Å²) in [6.45, 7) is 1.86. The van der Waals surface area contributed by atoms with Crippen LogP contribution in [-0.4, -0.2) is 24.1 Å². The van der Waals surface area contributed by atoms with Gasteiger partial charge in [0.2, 0.25) is 5.96 Å². The minimum absolute atomic E-state index is 0.110. The summed E-state index contributed by atoms with van der Waals surface area (Å²) < 4.78 is 27.6. The van der Waals surface area contributed by atoms with Gasteiger partial charge in [0, 0.05) is 27.9 Å². The lowest BCUT2D eigenvalue weighted by atomic mass is 10.1. The number of nitrogens with zero attached hydrogens (tertiary/aromatic N) is 3. The SMILES string of the molecule is CCC(=NN=C(N)N)c1cn(S(=O)(=O)c2ccc(N)cc2)c2ccc(Cl)cc12. The van der Waals surface area contributed by atoms with Crippen LogP contribution >= 0.6 is 11.6 Å². The predicted octanol–water partition coefficient (Wildman–Crippen LogP) is 2.50. The Morgan fingerprint density at radius 2 is 1.79 bits per heavy atom. The molecule has 0 atom stereocenters. The van der Waals surface area contributed by atoms with Gasteiger partial charge >= 0.3 is 0 Å². The van der Waals surface area contributed by atoms with Crippen LogP contribution in [0.15, 0.2) is 63.8 Å². The number of fused-ring (bicyclic) bond motifs is 1. The number of benzene rings is 2. The highest BCUT2D eigenvalue weighted by Gasteiger charge is 2.23. The van der Waals surface area contributed by atoms with Crippen LogP contribution in [-0.2, 0) is 10.0 Å². The number of rotatable bonds is 5. The first-order valence-corrected chi connectivity index (χ1v) is 10.1. The normalized spacial score (nSPS) is 12.3. The van der Waals surface area contributed by atoms with Crippen molar-refractivity contribution in [1.82, 2.24) is 3.97 Å². The maximum Gasteiger partial charge on any atom is 0.268 e. The van der Waals surface area contributed by atoms with E-state index in [4.69, 9.17) is 28.8 Å². The molecule has 0 radical (unpaired) electrons. The second-order valence-corrected chi connectivity index (χ2v) is 8.25. The standard InChI is InChI=1S/C18H19ClN6O2S/c1-2-16(23-24-18(21)22)15-10-25(17-8-3-11(19)9-14(15)17)28(26,27)13-6-4-12(20)5-7-13/h3-10H,2,20H2,1H3,(H4,21,22,24). The lowest BCUT2D eigenvalue weighted by molar-refractivity contribution is 0.589. The van der Waals surface area contributed by atoms with E-state index in [9.17, 15) is 8.42 Å². The van der Waals surface area contributed by atoms with Crippen LogP contribution in [0.5, 0.6) is 0 Å². The Labute approximate surface area is 167 Å². The van der Waals surface area contributed by atoms with Gasteiger partial charge in [-0.2, -0.15) is 5.10 Å². The molecule has 8 nitrogen and oxygen atoms in total. The van der Waals surface area contributed by atoms with Gasteiger partial charge in [0.1, 0.15) is 0 Å². The van der Waals surface area contributed by atoms with E-state index in [2.05, 4.69) is 10.2 Å². The molecule has 0 aliphatic rings.